The van der Waals surface area contributed by atoms with Gasteiger partial charge in [-0.05, 0) is 51.9 Å². The number of ether oxygens (including phenoxy) is 1. The molecular formula is C17H23NO3. The molecule has 0 aromatic heterocycles. The minimum absolute atomic E-state index is 0.152. The van der Waals surface area contributed by atoms with Crippen LogP contribution in [0.4, 0.5) is 0 Å². The second-order valence-electron chi connectivity index (χ2n) is 5.94. The Kier molecular flexibility index (Phi) is 5.02. The van der Waals surface area contributed by atoms with Gasteiger partial charge in [0, 0.05) is 17.6 Å². The summed E-state index contributed by atoms with van der Waals surface area (Å²) in [7, 11) is 0. The van der Waals surface area contributed by atoms with Gasteiger partial charge in [0.15, 0.2) is 0 Å². The van der Waals surface area contributed by atoms with Crippen LogP contribution in [0, 0.1) is 5.92 Å². The lowest BCUT2D eigenvalue weighted by atomic mass is 9.83. The fourth-order valence-corrected chi connectivity index (χ4v) is 2.68. The van der Waals surface area contributed by atoms with Crippen molar-refractivity contribution >= 4 is 12.0 Å². The van der Waals surface area contributed by atoms with E-state index in [1.807, 2.05) is 19.9 Å². The summed E-state index contributed by atoms with van der Waals surface area (Å²) in [5.41, 5.74) is 0.136. The van der Waals surface area contributed by atoms with Gasteiger partial charge in [-0.1, -0.05) is 18.2 Å². The van der Waals surface area contributed by atoms with Gasteiger partial charge in [0.1, 0.15) is 11.4 Å². The predicted octanol–water partition coefficient (Wildman–Crippen LogP) is 2.73. The number of piperidine rings is 1. The van der Waals surface area contributed by atoms with Crippen molar-refractivity contribution in [1.29, 1.82) is 0 Å². The molecule has 1 aliphatic heterocycles. The normalized spacial score (nSPS) is 17.0. The molecule has 0 bridgehead atoms. The van der Waals surface area contributed by atoms with E-state index in [1.54, 1.807) is 24.3 Å². The average Bonchev–Trinajstić information content (AvgIpc) is 2.47. The van der Waals surface area contributed by atoms with Crippen molar-refractivity contribution in [3.63, 3.8) is 0 Å². The smallest absolute Gasteiger partial charge is 0.331 e. The Balaban J connectivity index is 1.96. The number of benzene rings is 1. The Hall–Kier alpha value is -1.81. The van der Waals surface area contributed by atoms with Crippen LogP contribution in [0.15, 0.2) is 30.3 Å². The summed E-state index contributed by atoms with van der Waals surface area (Å²) in [6.45, 7) is 5.88. The fourth-order valence-electron chi connectivity index (χ4n) is 2.68. The van der Waals surface area contributed by atoms with Crippen molar-refractivity contribution in [2.75, 3.05) is 13.1 Å². The van der Waals surface area contributed by atoms with Crippen LogP contribution in [0.3, 0.4) is 0 Å². The highest BCUT2D eigenvalue weighted by atomic mass is 16.6. The first kappa shape index (κ1) is 15.6. The van der Waals surface area contributed by atoms with Crippen LogP contribution >= 0.6 is 0 Å². The number of rotatable bonds is 4. The monoisotopic (exact) mass is 289 g/mol. The molecule has 0 atom stereocenters. The molecule has 2 rings (SSSR count). The van der Waals surface area contributed by atoms with E-state index < -0.39 is 5.60 Å². The Morgan fingerprint density at radius 3 is 2.67 bits per heavy atom. The van der Waals surface area contributed by atoms with Gasteiger partial charge in [0.05, 0.1) is 0 Å². The van der Waals surface area contributed by atoms with Crippen LogP contribution in [0.25, 0.3) is 6.08 Å². The Labute approximate surface area is 125 Å². The number of para-hydroxylation sites is 1. The highest BCUT2D eigenvalue weighted by Crippen LogP contribution is 2.29. The molecule has 21 heavy (non-hydrogen) atoms. The molecule has 114 valence electrons. The lowest BCUT2D eigenvalue weighted by Gasteiger charge is -2.36. The number of hydrogen-bond donors (Lipinski definition) is 2. The molecule has 0 radical (unpaired) electrons. The van der Waals surface area contributed by atoms with Crippen LogP contribution in [-0.2, 0) is 9.53 Å². The molecule has 1 aromatic carbocycles. The van der Waals surface area contributed by atoms with Crippen LogP contribution in [-0.4, -0.2) is 29.8 Å². The second-order valence-corrected chi connectivity index (χ2v) is 5.94. The first-order valence-electron chi connectivity index (χ1n) is 7.39. The summed E-state index contributed by atoms with van der Waals surface area (Å²) in [6.07, 6.45) is 4.99. The number of phenolic OH excluding ortho intramolecular Hbond substituents is 1. The van der Waals surface area contributed by atoms with Gasteiger partial charge >= 0.3 is 5.97 Å². The summed E-state index contributed by atoms with van der Waals surface area (Å²) in [4.78, 5) is 12.0. The van der Waals surface area contributed by atoms with Crippen molar-refractivity contribution in [2.24, 2.45) is 5.92 Å². The standard InChI is InChI=1S/C17H23NO3/c1-17(2,14-9-11-18-12-10-14)21-16(20)8-7-13-5-3-4-6-15(13)19/h3-8,14,18-19H,9-12H2,1-2H3/b8-7+. The molecule has 4 nitrogen and oxygen atoms in total. The number of carbonyl (C=O) groups excluding carboxylic acids is 1. The number of aromatic hydroxyl groups is 1. The van der Waals surface area contributed by atoms with Crippen molar-refractivity contribution in [3.8, 4) is 5.75 Å². The summed E-state index contributed by atoms with van der Waals surface area (Å²) >= 11 is 0. The predicted molar refractivity (Wildman–Crippen MR) is 82.9 cm³/mol. The zero-order valence-corrected chi connectivity index (χ0v) is 12.6. The third-order valence-corrected chi connectivity index (χ3v) is 4.02. The van der Waals surface area contributed by atoms with Gasteiger partial charge in [-0.15, -0.1) is 0 Å². The molecule has 1 saturated heterocycles. The van der Waals surface area contributed by atoms with Crippen molar-refractivity contribution in [3.05, 3.63) is 35.9 Å². The maximum Gasteiger partial charge on any atom is 0.331 e. The van der Waals surface area contributed by atoms with Crippen LogP contribution < -0.4 is 5.32 Å². The first-order chi connectivity index (χ1) is 9.99. The molecule has 4 heteroatoms. The minimum Gasteiger partial charge on any atom is -0.507 e. The third-order valence-electron chi connectivity index (χ3n) is 4.02. The first-order valence-corrected chi connectivity index (χ1v) is 7.39. The summed E-state index contributed by atoms with van der Waals surface area (Å²) in [5, 5.41) is 13.0. The van der Waals surface area contributed by atoms with E-state index in [1.165, 1.54) is 6.08 Å². The summed E-state index contributed by atoms with van der Waals surface area (Å²) < 4.78 is 5.60. The Bertz CT molecular complexity index is 517. The summed E-state index contributed by atoms with van der Waals surface area (Å²) in [5.74, 6) is 0.155. The highest BCUT2D eigenvalue weighted by molar-refractivity contribution is 5.87. The second kappa shape index (κ2) is 6.76. The molecule has 1 heterocycles. The molecule has 1 fully saturated rings. The van der Waals surface area contributed by atoms with Gasteiger partial charge in [-0.2, -0.15) is 0 Å². The minimum atomic E-state index is -0.470. The molecule has 2 N–H and O–H groups in total. The number of esters is 1. The maximum atomic E-state index is 12.0. The van der Waals surface area contributed by atoms with Gasteiger partial charge < -0.3 is 15.2 Å². The molecule has 1 aromatic rings. The molecule has 0 spiro atoms. The number of phenols is 1. The van der Waals surface area contributed by atoms with Crippen LogP contribution in [0.2, 0.25) is 0 Å². The quantitative estimate of drug-likeness (QED) is 0.661. The van der Waals surface area contributed by atoms with Crippen molar-refractivity contribution in [2.45, 2.75) is 32.3 Å². The number of hydrogen-bond acceptors (Lipinski definition) is 4. The average molecular weight is 289 g/mol. The van der Waals surface area contributed by atoms with E-state index in [9.17, 15) is 9.90 Å². The van der Waals surface area contributed by atoms with Gasteiger partial charge in [0.25, 0.3) is 0 Å². The molecule has 0 amide bonds. The fraction of sp³-hybridized carbons (Fsp3) is 0.471. The molecule has 0 unspecified atom stereocenters. The van der Waals surface area contributed by atoms with E-state index in [-0.39, 0.29) is 11.7 Å². The molecule has 1 aliphatic rings. The Morgan fingerprint density at radius 2 is 2.00 bits per heavy atom. The lowest BCUT2D eigenvalue weighted by molar-refractivity contribution is -0.156. The highest BCUT2D eigenvalue weighted by Gasteiger charge is 2.33. The number of nitrogens with one attached hydrogen (secondary N) is 1. The lowest BCUT2D eigenvalue weighted by Crippen LogP contribution is -2.42. The zero-order valence-electron chi connectivity index (χ0n) is 12.6. The van der Waals surface area contributed by atoms with Gasteiger partial charge in [-0.25, -0.2) is 4.79 Å². The topological polar surface area (TPSA) is 58.6 Å². The van der Waals surface area contributed by atoms with Crippen LogP contribution in [0.1, 0.15) is 32.3 Å². The number of carbonyl (C=O) groups is 1. The summed E-state index contributed by atoms with van der Waals surface area (Å²) in [6, 6.07) is 6.88. The largest absolute Gasteiger partial charge is 0.507 e. The Morgan fingerprint density at radius 1 is 1.33 bits per heavy atom. The van der Waals surface area contributed by atoms with Gasteiger partial charge in [-0.3, -0.25) is 0 Å². The van der Waals surface area contributed by atoms with E-state index in [4.69, 9.17) is 4.74 Å². The van der Waals surface area contributed by atoms with E-state index in [0.717, 1.165) is 25.9 Å². The molecular weight excluding hydrogens is 266 g/mol. The maximum absolute atomic E-state index is 12.0. The van der Waals surface area contributed by atoms with E-state index >= 15 is 0 Å². The van der Waals surface area contributed by atoms with Gasteiger partial charge in [0.2, 0.25) is 0 Å². The van der Waals surface area contributed by atoms with Crippen LogP contribution in [0.5, 0.6) is 5.75 Å². The van der Waals surface area contributed by atoms with E-state index in [2.05, 4.69) is 5.32 Å². The third kappa shape index (κ3) is 4.33. The molecule has 0 aliphatic carbocycles. The van der Waals surface area contributed by atoms with Crippen molar-refractivity contribution in [1.82, 2.24) is 5.32 Å². The van der Waals surface area contributed by atoms with Crippen molar-refractivity contribution < 1.29 is 14.6 Å². The molecule has 0 saturated carbocycles. The SMILES string of the molecule is CC(C)(OC(=O)/C=C/c1ccccc1O)C1CCNCC1. The zero-order chi connectivity index (χ0) is 15.3. The van der Waals surface area contributed by atoms with E-state index in [0.29, 0.717) is 11.5 Å².